The molecule has 0 aliphatic heterocycles. The summed E-state index contributed by atoms with van der Waals surface area (Å²) in [7, 11) is 0. The average Bonchev–Trinajstić information content (AvgIpc) is 2.93. The number of hydrogen-bond donors (Lipinski definition) is 1. The topological polar surface area (TPSA) is 38.7 Å². The highest BCUT2D eigenvalue weighted by Crippen LogP contribution is 2.23. The molecule has 254 valence electrons. The first-order valence-electron chi connectivity index (χ1n) is 18.9. The van der Waals surface area contributed by atoms with E-state index in [2.05, 4.69) is 62.3 Å². The number of ether oxygens (including phenoxy) is 2. The van der Waals surface area contributed by atoms with Gasteiger partial charge in [0.05, 0.1) is 13.2 Å². The van der Waals surface area contributed by atoms with E-state index in [-0.39, 0.29) is 12.7 Å². The highest BCUT2D eigenvalue weighted by Gasteiger charge is 2.12. The zero-order valence-electron chi connectivity index (χ0n) is 30.4. The number of aliphatic hydroxyl groups excluding tert-OH is 1. The van der Waals surface area contributed by atoms with Gasteiger partial charge in [0.1, 0.15) is 6.10 Å². The molecule has 1 N–H and O–H groups in total. The molecule has 0 fully saturated rings. The van der Waals surface area contributed by atoms with E-state index in [1.54, 1.807) is 0 Å². The molecule has 3 nitrogen and oxygen atoms in total. The zero-order valence-corrected chi connectivity index (χ0v) is 30.4. The van der Waals surface area contributed by atoms with Crippen molar-refractivity contribution in [1.82, 2.24) is 0 Å². The van der Waals surface area contributed by atoms with Gasteiger partial charge in [0.15, 0.2) is 0 Å². The SMILES string of the molecule is CC[C@H](C)CCC[C@@H](C)CCC[C@H](C)CCO[C@H](CO)COCC[C@H](C)CCC[C@H](C)CCC[C@@H](C)CCCC(C)C. The lowest BCUT2D eigenvalue weighted by Gasteiger charge is -2.19. The molecule has 0 rings (SSSR count). The van der Waals surface area contributed by atoms with Crippen LogP contribution in [-0.2, 0) is 9.47 Å². The molecule has 0 aliphatic carbocycles. The summed E-state index contributed by atoms with van der Waals surface area (Å²) in [5.41, 5.74) is 0. The van der Waals surface area contributed by atoms with E-state index < -0.39 is 0 Å². The van der Waals surface area contributed by atoms with Gasteiger partial charge in [-0.05, 0) is 54.3 Å². The van der Waals surface area contributed by atoms with Crippen LogP contribution >= 0.6 is 0 Å². The van der Waals surface area contributed by atoms with E-state index in [0.29, 0.717) is 18.4 Å². The lowest BCUT2D eigenvalue weighted by atomic mass is 9.91. The van der Waals surface area contributed by atoms with Crippen molar-refractivity contribution >= 4 is 0 Å². The maximum atomic E-state index is 9.74. The summed E-state index contributed by atoms with van der Waals surface area (Å²) in [6.45, 7) is 23.5. The van der Waals surface area contributed by atoms with E-state index in [4.69, 9.17) is 9.47 Å². The standard InChI is InChI=1S/C39H80O3/c1-10-33(4)17-12-19-35(6)23-15-25-38(9)27-29-42-39(30-40)31-41-28-26-37(8)24-14-22-36(7)21-13-20-34(5)18-11-16-32(2)3/h32-40H,10-31H2,1-9H3/t33-,34-,35+,36+,37+,38-,39+/m0/s1. The minimum Gasteiger partial charge on any atom is -0.394 e. The molecule has 0 aromatic heterocycles. The summed E-state index contributed by atoms with van der Waals surface area (Å²) >= 11 is 0. The minimum absolute atomic E-state index is 0.0483. The van der Waals surface area contributed by atoms with Crippen LogP contribution in [-0.4, -0.2) is 37.6 Å². The van der Waals surface area contributed by atoms with Crippen molar-refractivity contribution in [2.75, 3.05) is 26.4 Å². The molecule has 0 heterocycles. The second-order valence-electron chi connectivity index (χ2n) is 15.4. The Kier molecular flexibility index (Phi) is 28.3. The summed E-state index contributed by atoms with van der Waals surface area (Å²) < 4.78 is 11.9. The van der Waals surface area contributed by atoms with E-state index in [1.165, 1.54) is 103 Å². The van der Waals surface area contributed by atoms with E-state index in [0.717, 1.165) is 55.6 Å². The molecule has 7 atom stereocenters. The summed E-state index contributed by atoms with van der Waals surface area (Å²) in [4.78, 5) is 0. The first-order chi connectivity index (χ1) is 20.1. The van der Waals surface area contributed by atoms with Gasteiger partial charge < -0.3 is 14.6 Å². The van der Waals surface area contributed by atoms with Gasteiger partial charge in [-0.1, -0.05) is 165 Å². The van der Waals surface area contributed by atoms with Crippen molar-refractivity contribution in [3.8, 4) is 0 Å². The fraction of sp³-hybridized carbons (Fsp3) is 1.00. The van der Waals surface area contributed by atoms with E-state index in [9.17, 15) is 5.11 Å². The highest BCUT2D eigenvalue weighted by molar-refractivity contribution is 4.63. The lowest BCUT2D eigenvalue weighted by Crippen LogP contribution is -2.25. The van der Waals surface area contributed by atoms with Crippen molar-refractivity contribution in [2.24, 2.45) is 41.4 Å². The Morgan fingerprint density at radius 2 is 0.810 bits per heavy atom. The smallest absolute Gasteiger partial charge is 0.104 e. The monoisotopic (exact) mass is 597 g/mol. The molecule has 0 bridgehead atoms. The van der Waals surface area contributed by atoms with Crippen molar-refractivity contribution in [3.05, 3.63) is 0 Å². The van der Waals surface area contributed by atoms with Gasteiger partial charge in [-0.25, -0.2) is 0 Å². The van der Waals surface area contributed by atoms with Crippen molar-refractivity contribution < 1.29 is 14.6 Å². The highest BCUT2D eigenvalue weighted by atomic mass is 16.5. The Morgan fingerprint density at radius 3 is 1.19 bits per heavy atom. The molecule has 0 aliphatic rings. The maximum Gasteiger partial charge on any atom is 0.104 e. The molecule has 0 aromatic rings. The third-order valence-electron chi connectivity index (χ3n) is 9.98. The quantitative estimate of drug-likeness (QED) is 0.0809. The Balaban J connectivity index is 3.75. The van der Waals surface area contributed by atoms with Crippen LogP contribution in [0, 0.1) is 41.4 Å². The molecular weight excluding hydrogens is 516 g/mol. The van der Waals surface area contributed by atoms with Crippen LogP contribution < -0.4 is 0 Å². The molecule has 0 radical (unpaired) electrons. The summed E-state index contributed by atoms with van der Waals surface area (Å²) in [5.74, 6) is 5.73. The van der Waals surface area contributed by atoms with Crippen molar-refractivity contribution in [3.63, 3.8) is 0 Å². The fourth-order valence-corrected chi connectivity index (χ4v) is 6.15. The molecular formula is C39H80O3. The van der Waals surface area contributed by atoms with Crippen LogP contribution in [0.15, 0.2) is 0 Å². The molecule has 3 heteroatoms. The predicted octanol–water partition coefficient (Wildman–Crippen LogP) is 11.9. The van der Waals surface area contributed by atoms with Gasteiger partial charge >= 0.3 is 0 Å². The molecule has 0 aromatic carbocycles. The van der Waals surface area contributed by atoms with Crippen LogP contribution in [0.5, 0.6) is 0 Å². The van der Waals surface area contributed by atoms with Crippen LogP contribution in [0.4, 0.5) is 0 Å². The summed E-state index contributed by atoms with van der Waals surface area (Å²) in [6, 6.07) is 0. The molecule has 0 spiro atoms. The van der Waals surface area contributed by atoms with Crippen LogP contribution in [0.1, 0.15) is 178 Å². The second kappa shape index (κ2) is 28.4. The Labute approximate surface area is 266 Å². The largest absolute Gasteiger partial charge is 0.394 e. The van der Waals surface area contributed by atoms with Gasteiger partial charge in [-0.15, -0.1) is 0 Å². The molecule has 42 heavy (non-hydrogen) atoms. The van der Waals surface area contributed by atoms with Crippen molar-refractivity contribution in [1.29, 1.82) is 0 Å². The zero-order chi connectivity index (χ0) is 31.6. The van der Waals surface area contributed by atoms with Gasteiger partial charge in [-0.3, -0.25) is 0 Å². The van der Waals surface area contributed by atoms with Gasteiger partial charge in [0, 0.05) is 13.2 Å². The molecule has 0 amide bonds. The van der Waals surface area contributed by atoms with Crippen LogP contribution in [0.2, 0.25) is 0 Å². The summed E-state index contributed by atoms with van der Waals surface area (Å²) in [5, 5.41) is 9.74. The normalized spacial score (nSPS) is 17.2. The molecule has 0 saturated carbocycles. The fourth-order valence-electron chi connectivity index (χ4n) is 6.15. The van der Waals surface area contributed by atoms with Gasteiger partial charge in [0.25, 0.3) is 0 Å². The van der Waals surface area contributed by atoms with Crippen LogP contribution in [0.3, 0.4) is 0 Å². The third kappa shape index (κ3) is 27.4. The second-order valence-corrected chi connectivity index (χ2v) is 15.4. The first kappa shape index (κ1) is 41.9. The maximum absolute atomic E-state index is 9.74. The van der Waals surface area contributed by atoms with Crippen LogP contribution in [0.25, 0.3) is 0 Å². The predicted molar refractivity (Wildman–Crippen MR) is 186 cm³/mol. The average molecular weight is 597 g/mol. The number of aliphatic hydroxyl groups is 1. The minimum atomic E-state index is -0.184. The van der Waals surface area contributed by atoms with Crippen molar-refractivity contribution in [2.45, 2.75) is 184 Å². The molecule has 0 unspecified atom stereocenters. The molecule has 0 saturated heterocycles. The Bertz CT molecular complexity index is 550. The number of rotatable bonds is 31. The third-order valence-corrected chi connectivity index (χ3v) is 9.98. The summed E-state index contributed by atoms with van der Waals surface area (Å²) in [6.07, 6.45) is 23.9. The van der Waals surface area contributed by atoms with E-state index >= 15 is 0 Å². The lowest BCUT2D eigenvalue weighted by molar-refractivity contribution is -0.0471. The van der Waals surface area contributed by atoms with Gasteiger partial charge in [0.2, 0.25) is 0 Å². The Hall–Kier alpha value is -0.120. The Morgan fingerprint density at radius 1 is 0.452 bits per heavy atom. The van der Waals surface area contributed by atoms with Gasteiger partial charge in [-0.2, -0.15) is 0 Å². The van der Waals surface area contributed by atoms with E-state index in [1.807, 2.05) is 0 Å². The number of hydrogen-bond acceptors (Lipinski definition) is 3. The first-order valence-corrected chi connectivity index (χ1v) is 18.9.